The number of hydrogen-bond donors (Lipinski definition) is 2. The molecule has 0 aliphatic carbocycles. The molecule has 1 aliphatic rings. The molecular formula is C8H15NO. The van der Waals surface area contributed by atoms with Gasteiger partial charge in [-0.3, -0.25) is 0 Å². The van der Waals surface area contributed by atoms with Gasteiger partial charge in [0.25, 0.3) is 0 Å². The number of piperidine rings is 1. The van der Waals surface area contributed by atoms with Gasteiger partial charge in [0.1, 0.15) is 0 Å². The Kier molecular flexibility index (Phi) is 2.90. The van der Waals surface area contributed by atoms with E-state index in [0.29, 0.717) is 6.04 Å². The molecule has 0 bridgehead atoms. The van der Waals surface area contributed by atoms with Crippen LogP contribution in [0.2, 0.25) is 0 Å². The largest absolute Gasteiger partial charge is 0.392 e. The van der Waals surface area contributed by atoms with Gasteiger partial charge in [0.2, 0.25) is 0 Å². The van der Waals surface area contributed by atoms with E-state index in [1.807, 2.05) is 6.08 Å². The Hall–Kier alpha value is -0.340. The van der Waals surface area contributed by atoms with Gasteiger partial charge in [-0.1, -0.05) is 6.08 Å². The van der Waals surface area contributed by atoms with E-state index in [1.165, 1.54) is 0 Å². The first kappa shape index (κ1) is 7.76. The lowest BCUT2D eigenvalue weighted by Crippen LogP contribution is -2.41. The molecule has 1 fully saturated rings. The van der Waals surface area contributed by atoms with Gasteiger partial charge < -0.3 is 10.4 Å². The number of aliphatic hydroxyl groups is 1. The third-order valence-corrected chi connectivity index (χ3v) is 1.94. The minimum absolute atomic E-state index is 0.124. The number of aliphatic hydroxyl groups excluding tert-OH is 1. The lowest BCUT2D eigenvalue weighted by atomic mass is 10.0. The number of β-amino-alcohol motifs (C(OH)–C–C–N with tert-alkyl or cyclic N) is 1. The SMILES string of the molecule is C=CC[C@H]1CC[C@H](O)CN1. The van der Waals surface area contributed by atoms with Crippen LogP contribution in [0.25, 0.3) is 0 Å². The van der Waals surface area contributed by atoms with Gasteiger partial charge in [-0.25, -0.2) is 0 Å². The second kappa shape index (κ2) is 3.74. The highest BCUT2D eigenvalue weighted by molar-refractivity contribution is 4.83. The third kappa shape index (κ3) is 2.12. The average molecular weight is 141 g/mol. The molecular weight excluding hydrogens is 126 g/mol. The Bertz CT molecular complexity index is 106. The molecule has 0 spiro atoms. The van der Waals surface area contributed by atoms with E-state index < -0.39 is 0 Å². The van der Waals surface area contributed by atoms with Crippen molar-refractivity contribution in [3.63, 3.8) is 0 Å². The van der Waals surface area contributed by atoms with Crippen LogP contribution in [0.5, 0.6) is 0 Å². The number of nitrogens with one attached hydrogen (secondary N) is 1. The summed E-state index contributed by atoms with van der Waals surface area (Å²) in [6.45, 7) is 4.42. The Morgan fingerprint density at radius 3 is 2.90 bits per heavy atom. The number of hydrogen-bond acceptors (Lipinski definition) is 2. The van der Waals surface area contributed by atoms with Crippen molar-refractivity contribution in [1.29, 1.82) is 0 Å². The van der Waals surface area contributed by atoms with E-state index in [2.05, 4.69) is 11.9 Å². The molecule has 0 aromatic heterocycles. The highest BCUT2D eigenvalue weighted by Crippen LogP contribution is 2.10. The summed E-state index contributed by atoms with van der Waals surface area (Å²) in [7, 11) is 0. The van der Waals surface area contributed by atoms with Crippen LogP contribution < -0.4 is 5.32 Å². The molecule has 10 heavy (non-hydrogen) atoms. The zero-order valence-electron chi connectivity index (χ0n) is 6.21. The summed E-state index contributed by atoms with van der Waals surface area (Å²) in [6.07, 6.45) is 4.84. The Labute approximate surface area is 61.9 Å². The Morgan fingerprint density at radius 1 is 1.60 bits per heavy atom. The van der Waals surface area contributed by atoms with Crippen molar-refractivity contribution in [1.82, 2.24) is 5.32 Å². The molecule has 2 atom stereocenters. The summed E-state index contributed by atoms with van der Waals surface area (Å²) in [4.78, 5) is 0. The van der Waals surface area contributed by atoms with Crippen molar-refractivity contribution < 1.29 is 5.11 Å². The lowest BCUT2D eigenvalue weighted by molar-refractivity contribution is 0.127. The van der Waals surface area contributed by atoms with Gasteiger partial charge in [0.15, 0.2) is 0 Å². The lowest BCUT2D eigenvalue weighted by Gasteiger charge is -2.25. The summed E-state index contributed by atoms with van der Waals surface area (Å²) >= 11 is 0. The Morgan fingerprint density at radius 2 is 2.40 bits per heavy atom. The van der Waals surface area contributed by atoms with Gasteiger partial charge in [-0.2, -0.15) is 0 Å². The van der Waals surface area contributed by atoms with Crippen LogP contribution in [-0.4, -0.2) is 23.8 Å². The van der Waals surface area contributed by atoms with Crippen LogP contribution in [0.1, 0.15) is 19.3 Å². The van der Waals surface area contributed by atoms with Gasteiger partial charge in [-0.15, -0.1) is 6.58 Å². The van der Waals surface area contributed by atoms with Crippen molar-refractivity contribution in [2.45, 2.75) is 31.4 Å². The quantitative estimate of drug-likeness (QED) is 0.554. The average Bonchev–Trinajstić information content (AvgIpc) is 1.95. The predicted octanol–water partition coefficient (Wildman–Crippen LogP) is 0.675. The van der Waals surface area contributed by atoms with E-state index in [0.717, 1.165) is 25.8 Å². The molecule has 1 aliphatic heterocycles. The topological polar surface area (TPSA) is 32.3 Å². The highest BCUT2D eigenvalue weighted by Gasteiger charge is 2.16. The monoisotopic (exact) mass is 141 g/mol. The fourth-order valence-electron chi connectivity index (χ4n) is 1.30. The summed E-state index contributed by atoms with van der Waals surface area (Å²) < 4.78 is 0. The van der Waals surface area contributed by atoms with E-state index in [-0.39, 0.29) is 6.10 Å². The zero-order chi connectivity index (χ0) is 7.40. The van der Waals surface area contributed by atoms with Gasteiger partial charge >= 0.3 is 0 Å². The summed E-state index contributed by atoms with van der Waals surface area (Å²) in [6, 6.07) is 0.556. The van der Waals surface area contributed by atoms with Crippen LogP contribution in [0, 0.1) is 0 Å². The Balaban J connectivity index is 2.19. The molecule has 1 saturated heterocycles. The van der Waals surface area contributed by atoms with Crippen molar-refractivity contribution in [3.8, 4) is 0 Å². The van der Waals surface area contributed by atoms with Gasteiger partial charge in [-0.05, 0) is 19.3 Å². The van der Waals surface area contributed by atoms with Crippen LogP contribution in [0.4, 0.5) is 0 Å². The van der Waals surface area contributed by atoms with Gasteiger partial charge in [0.05, 0.1) is 6.10 Å². The zero-order valence-corrected chi connectivity index (χ0v) is 6.21. The normalized spacial score (nSPS) is 33.7. The minimum Gasteiger partial charge on any atom is -0.392 e. The van der Waals surface area contributed by atoms with E-state index in [9.17, 15) is 0 Å². The van der Waals surface area contributed by atoms with Gasteiger partial charge in [0, 0.05) is 12.6 Å². The molecule has 2 heteroatoms. The second-order valence-corrected chi connectivity index (χ2v) is 2.86. The van der Waals surface area contributed by atoms with Crippen molar-refractivity contribution in [3.05, 3.63) is 12.7 Å². The first-order valence-electron chi connectivity index (χ1n) is 3.85. The molecule has 0 aromatic rings. The molecule has 2 nitrogen and oxygen atoms in total. The van der Waals surface area contributed by atoms with Crippen molar-refractivity contribution >= 4 is 0 Å². The minimum atomic E-state index is -0.124. The first-order chi connectivity index (χ1) is 4.83. The fraction of sp³-hybridized carbons (Fsp3) is 0.750. The molecule has 0 saturated carbocycles. The van der Waals surface area contributed by atoms with Crippen molar-refractivity contribution in [2.75, 3.05) is 6.54 Å². The molecule has 1 rings (SSSR count). The maximum atomic E-state index is 9.11. The molecule has 2 N–H and O–H groups in total. The molecule has 58 valence electrons. The van der Waals surface area contributed by atoms with Crippen LogP contribution in [0.3, 0.4) is 0 Å². The molecule has 0 radical (unpaired) electrons. The first-order valence-corrected chi connectivity index (χ1v) is 3.85. The standard InChI is InChI=1S/C8H15NO/c1-2-3-7-4-5-8(10)6-9-7/h2,7-10H,1,3-6H2/t7-,8-/m0/s1. The second-order valence-electron chi connectivity index (χ2n) is 2.86. The number of rotatable bonds is 2. The molecule has 0 amide bonds. The summed E-state index contributed by atoms with van der Waals surface area (Å²) in [5.41, 5.74) is 0. The maximum Gasteiger partial charge on any atom is 0.0665 e. The summed E-state index contributed by atoms with van der Waals surface area (Å²) in [5, 5.41) is 12.4. The van der Waals surface area contributed by atoms with E-state index in [1.54, 1.807) is 0 Å². The smallest absolute Gasteiger partial charge is 0.0665 e. The summed E-state index contributed by atoms with van der Waals surface area (Å²) in [5.74, 6) is 0. The van der Waals surface area contributed by atoms with E-state index in [4.69, 9.17) is 5.11 Å². The highest BCUT2D eigenvalue weighted by atomic mass is 16.3. The van der Waals surface area contributed by atoms with Crippen LogP contribution in [-0.2, 0) is 0 Å². The molecule has 0 aromatic carbocycles. The molecule has 1 heterocycles. The van der Waals surface area contributed by atoms with Crippen LogP contribution in [0.15, 0.2) is 12.7 Å². The molecule has 0 unspecified atom stereocenters. The maximum absolute atomic E-state index is 9.11. The predicted molar refractivity (Wildman–Crippen MR) is 41.8 cm³/mol. The van der Waals surface area contributed by atoms with Crippen LogP contribution >= 0.6 is 0 Å². The van der Waals surface area contributed by atoms with E-state index >= 15 is 0 Å². The van der Waals surface area contributed by atoms with Crippen molar-refractivity contribution in [2.24, 2.45) is 0 Å². The fourth-order valence-corrected chi connectivity index (χ4v) is 1.30. The third-order valence-electron chi connectivity index (χ3n) is 1.94.